The van der Waals surface area contributed by atoms with Crippen LogP contribution in [0.5, 0.6) is 0 Å². The van der Waals surface area contributed by atoms with Crippen molar-refractivity contribution in [1.29, 1.82) is 0 Å². The number of carbonyl (C=O) groups is 4. The molecule has 6 rings (SSSR count). The number of carbonyl (C=O) groups excluding carboxylic acids is 4. The predicted molar refractivity (Wildman–Crippen MR) is 216 cm³/mol. The first-order valence-electron chi connectivity index (χ1n) is 19.2. The van der Waals surface area contributed by atoms with Crippen LogP contribution in [0.4, 0.5) is 9.59 Å². The van der Waals surface area contributed by atoms with E-state index in [4.69, 9.17) is 33.2 Å². The minimum Gasteiger partial charge on any atom is -0.454 e. The number of aliphatic hydroxyl groups excluding tert-OH is 1. The smallest absolute Gasteiger partial charge is 0.407 e. The molecule has 1 heterocycles. The molecule has 312 valence electrons. The Morgan fingerprint density at radius 1 is 0.583 bits per heavy atom. The van der Waals surface area contributed by atoms with Gasteiger partial charge in [0, 0.05) is 7.11 Å². The van der Waals surface area contributed by atoms with Crippen LogP contribution in [-0.4, -0.2) is 86.7 Å². The van der Waals surface area contributed by atoms with Gasteiger partial charge in [-0.25, -0.2) is 9.59 Å². The molecule has 5 atom stereocenters. The van der Waals surface area contributed by atoms with E-state index in [1.54, 1.807) is 48.5 Å². The zero-order valence-corrected chi connectivity index (χ0v) is 32.8. The fourth-order valence-corrected chi connectivity index (χ4v) is 6.68. The summed E-state index contributed by atoms with van der Waals surface area (Å²) < 4.78 is 40.5. The lowest BCUT2D eigenvalue weighted by atomic mass is 9.80. The highest BCUT2D eigenvalue weighted by Gasteiger charge is 2.51. The van der Waals surface area contributed by atoms with Crippen LogP contribution < -0.4 is 10.6 Å². The predicted octanol–water partition coefficient (Wildman–Crippen LogP) is 5.40. The summed E-state index contributed by atoms with van der Waals surface area (Å²) >= 11 is 0. The summed E-state index contributed by atoms with van der Waals surface area (Å²) in [6.07, 6.45) is -9.25. The van der Waals surface area contributed by atoms with Crippen LogP contribution in [-0.2, 0) is 61.6 Å². The number of esters is 2. The van der Waals surface area contributed by atoms with E-state index in [2.05, 4.69) is 10.6 Å². The number of nitrogens with one attached hydrogen (secondary N) is 2. The molecule has 5 aromatic carbocycles. The topological polar surface area (TPSA) is 177 Å². The minimum absolute atomic E-state index is 0.0362. The summed E-state index contributed by atoms with van der Waals surface area (Å²) in [6, 6.07) is 46.5. The summed E-state index contributed by atoms with van der Waals surface area (Å²) in [6.45, 7) is -1.67. The van der Waals surface area contributed by atoms with E-state index in [-0.39, 0.29) is 19.8 Å². The van der Waals surface area contributed by atoms with Gasteiger partial charge < -0.3 is 48.9 Å². The lowest BCUT2D eigenvalue weighted by Gasteiger charge is -2.44. The molecular formula is C46H46N2O12. The Morgan fingerprint density at radius 2 is 0.967 bits per heavy atom. The molecule has 3 unspecified atom stereocenters. The van der Waals surface area contributed by atoms with Crippen LogP contribution in [0.2, 0.25) is 0 Å². The Hall–Kier alpha value is -6.58. The summed E-state index contributed by atoms with van der Waals surface area (Å²) in [5.41, 5.74) is 2.61. The first kappa shape index (κ1) is 43.0. The fraction of sp³-hybridized carbons (Fsp3) is 0.261. The minimum atomic E-state index is -1.67. The highest BCUT2D eigenvalue weighted by molar-refractivity contribution is 5.79. The quantitative estimate of drug-likeness (QED) is 0.0620. The van der Waals surface area contributed by atoms with Crippen LogP contribution >= 0.6 is 0 Å². The van der Waals surface area contributed by atoms with Crippen LogP contribution in [0.3, 0.4) is 0 Å². The lowest BCUT2D eigenvalue weighted by molar-refractivity contribution is -0.304. The van der Waals surface area contributed by atoms with Crippen molar-refractivity contribution in [1.82, 2.24) is 10.6 Å². The Kier molecular flexibility index (Phi) is 15.4. The highest BCUT2D eigenvalue weighted by Crippen LogP contribution is 2.41. The number of amides is 2. The normalized spacial score (nSPS) is 18.7. The van der Waals surface area contributed by atoms with E-state index in [0.717, 1.165) is 27.8 Å². The van der Waals surface area contributed by atoms with Crippen molar-refractivity contribution in [2.45, 2.75) is 49.5 Å². The summed E-state index contributed by atoms with van der Waals surface area (Å²) in [5.74, 6) is -1.98. The molecule has 0 spiro atoms. The van der Waals surface area contributed by atoms with Gasteiger partial charge in [-0.3, -0.25) is 9.59 Å². The Labute approximate surface area is 347 Å². The van der Waals surface area contributed by atoms with Crippen molar-refractivity contribution in [2.75, 3.05) is 26.8 Å². The fourth-order valence-electron chi connectivity index (χ4n) is 6.68. The molecule has 0 bridgehead atoms. The van der Waals surface area contributed by atoms with E-state index < -0.39 is 73.5 Å². The van der Waals surface area contributed by atoms with Gasteiger partial charge >= 0.3 is 24.1 Å². The standard InChI is InChI=1S/C46H46N2O12/c1-54-43-42(60-39(50)28-48-45(53)56-30-33-19-9-3-10-20-33)41(59-38(49)27-47-44(52)55-29-32-17-7-2-8-18-32)40(51)37(58-43)31-57-46(34-21-11-4-12-22-34,35-23-13-5-14-24-35)36-25-15-6-16-26-36/h2-26,37,40-43,51H,27-31H2,1H3,(H,47,52)(H,48,53)/t37?,40-,41?,42?,43+/m1/s1. The molecule has 3 N–H and O–H groups in total. The number of rotatable bonds is 17. The van der Waals surface area contributed by atoms with E-state index in [9.17, 15) is 24.3 Å². The van der Waals surface area contributed by atoms with Crippen molar-refractivity contribution in [3.8, 4) is 0 Å². The molecule has 0 aliphatic carbocycles. The van der Waals surface area contributed by atoms with Gasteiger partial charge in [0.25, 0.3) is 0 Å². The van der Waals surface area contributed by atoms with Crippen LogP contribution in [0.15, 0.2) is 152 Å². The van der Waals surface area contributed by atoms with E-state index in [0.29, 0.717) is 0 Å². The third-order valence-corrected chi connectivity index (χ3v) is 9.57. The van der Waals surface area contributed by atoms with Crippen molar-refractivity contribution in [2.24, 2.45) is 0 Å². The van der Waals surface area contributed by atoms with E-state index >= 15 is 0 Å². The van der Waals surface area contributed by atoms with Gasteiger partial charge in [-0.1, -0.05) is 152 Å². The first-order valence-corrected chi connectivity index (χ1v) is 19.2. The Balaban J connectivity index is 1.20. The maximum absolute atomic E-state index is 13.3. The molecule has 1 saturated heterocycles. The monoisotopic (exact) mass is 818 g/mol. The molecule has 2 amide bonds. The number of benzene rings is 5. The Bertz CT molecular complexity index is 2010. The largest absolute Gasteiger partial charge is 0.454 e. The van der Waals surface area contributed by atoms with Gasteiger partial charge in [-0.05, 0) is 27.8 Å². The van der Waals surface area contributed by atoms with Crippen LogP contribution in [0.25, 0.3) is 0 Å². The molecule has 1 aliphatic rings. The van der Waals surface area contributed by atoms with Gasteiger partial charge in [0.05, 0.1) is 6.61 Å². The van der Waals surface area contributed by atoms with Gasteiger partial charge in [0.15, 0.2) is 18.5 Å². The number of alkyl carbamates (subject to hydrolysis) is 2. The summed E-state index contributed by atoms with van der Waals surface area (Å²) in [7, 11) is 1.28. The molecule has 5 aromatic rings. The second kappa shape index (κ2) is 21.4. The van der Waals surface area contributed by atoms with Gasteiger partial charge in [0.2, 0.25) is 0 Å². The number of hydrogen-bond acceptors (Lipinski definition) is 12. The van der Waals surface area contributed by atoms with E-state index in [1.165, 1.54) is 7.11 Å². The van der Waals surface area contributed by atoms with Crippen LogP contribution in [0.1, 0.15) is 27.8 Å². The third kappa shape index (κ3) is 11.3. The zero-order chi connectivity index (χ0) is 42.2. The highest BCUT2D eigenvalue weighted by atomic mass is 16.7. The molecule has 0 aromatic heterocycles. The van der Waals surface area contributed by atoms with Crippen molar-refractivity contribution >= 4 is 24.1 Å². The second-order valence-corrected chi connectivity index (χ2v) is 13.6. The van der Waals surface area contributed by atoms with Gasteiger partial charge in [-0.15, -0.1) is 0 Å². The van der Waals surface area contributed by atoms with Crippen molar-refractivity contribution < 1.29 is 57.4 Å². The lowest BCUT2D eigenvalue weighted by Crippen LogP contribution is -2.62. The molecule has 14 heteroatoms. The molecule has 60 heavy (non-hydrogen) atoms. The molecular weight excluding hydrogens is 773 g/mol. The third-order valence-electron chi connectivity index (χ3n) is 9.57. The number of aliphatic hydroxyl groups is 1. The second-order valence-electron chi connectivity index (χ2n) is 13.6. The molecule has 1 aliphatic heterocycles. The summed E-state index contributed by atoms with van der Waals surface area (Å²) in [5, 5.41) is 16.6. The van der Waals surface area contributed by atoms with Crippen molar-refractivity contribution in [3.63, 3.8) is 0 Å². The van der Waals surface area contributed by atoms with E-state index in [1.807, 2.05) is 103 Å². The number of hydrogen-bond donors (Lipinski definition) is 3. The molecule has 0 saturated carbocycles. The van der Waals surface area contributed by atoms with Crippen molar-refractivity contribution in [3.05, 3.63) is 179 Å². The van der Waals surface area contributed by atoms with Gasteiger partial charge in [0.1, 0.15) is 44.1 Å². The molecule has 1 fully saturated rings. The average Bonchev–Trinajstić information content (AvgIpc) is 3.30. The van der Waals surface area contributed by atoms with Crippen LogP contribution in [0, 0.1) is 0 Å². The Morgan fingerprint density at radius 3 is 1.37 bits per heavy atom. The number of methoxy groups -OCH3 is 1. The zero-order valence-electron chi connectivity index (χ0n) is 32.8. The van der Waals surface area contributed by atoms with Gasteiger partial charge in [-0.2, -0.15) is 0 Å². The first-order chi connectivity index (χ1) is 29.3. The SMILES string of the molecule is CO[C@H]1OC(COC(c2ccccc2)(c2ccccc2)c2ccccc2)[C@@H](O)C(OC(=O)CNC(=O)OCc2ccccc2)C1OC(=O)CNC(=O)OCc1ccccc1. The maximum atomic E-state index is 13.3. The summed E-state index contributed by atoms with van der Waals surface area (Å²) in [4.78, 5) is 51.3. The molecule has 0 radical (unpaired) electrons. The molecule has 14 nitrogen and oxygen atoms in total. The number of ether oxygens (including phenoxy) is 7. The maximum Gasteiger partial charge on any atom is 0.407 e. The average molecular weight is 819 g/mol.